The molecule has 0 fully saturated rings. The fourth-order valence-corrected chi connectivity index (χ4v) is 2.29. The van der Waals surface area contributed by atoms with Gasteiger partial charge < -0.3 is 15.4 Å². The van der Waals surface area contributed by atoms with Gasteiger partial charge in [-0.25, -0.2) is 0 Å². The van der Waals surface area contributed by atoms with Crippen LogP contribution in [0.4, 0.5) is 11.4 Å². The lowest BCUT2D eigenvalue weighted by atomic mass is 10.2. The number of rotatable bonds is 8. The molecule has 0 saturated heterocycles. The summed E-state index contributed by atoms with van der Waals surface area (Å²) >= 11 is 6.02. The first kappa shape index (κ1) is 17.5. The average molecular weight is 333 g/mol. The van der Waals surface area contributed by atoms with Gasteiger partial charge in [0, 0.05) is 29.5 Å². The quantitative estimate of drug-likeness (QED) is 0.651. The molecule has 0 heterocycles. The van der Waals surface area contributed by atoms with Gasteiger partial charge in [-0.3, -0.25) is 0 Å². The first-order chi connectivity index (χ1) is 11.0. The topological polar surface area (TPSA) is 33.3 Å². The molecule has 0 radical (unpaired) electrons. The van der Waals surface area contributed by atoms with E-state index >= 15 is 0 Å². The molecule has 0 saturated carbocycles. The van der Waals surface area contributed by atoms with Crippen LogP contribution in [0.3, 0.4) is 0 Å². The Bertz CT molecular complexity index is 611. The zero-order chi connectivity index (χ0) is 16.7. The highest BCUT2D eigenvalue weighted by Crippen LogP contribution is 2.20. The van der Waals surface area contributed by atoms with E-state index in [-0.39, 0.29) is 0 Å². The van der Waals surface area contributed by atoms with E-state index < -0.39 is 0 Å². The van der Waals surface area contributed by atoms with Crippen LogP contribution in [0.1, 0.15) is 19.4 Å². The first-order valence-electron chi connectivity index (χ1n) is 8.01. The summed E-state index contributed by atoms with van der Waals surface area (Å²) in [4.78, 5) is 0. The van der Waals surface area contributed by atoms with Crippen molar-refractivity contribution >= 4 is 23.0 Å². The fraction of sp³-hybridized carbons (Fsp3) is 0.368. The minimum atomic E-state index is 0.536. The summed E-state index contributed by atoms with van der Waals surface area (Å²) in [6.45, 7) is 8.76. The second kappa shape index (κ2) is 8.68. The zero-order valence-corrected chi connectivity index (χ0v) is 14.8. The largest absolute Gasteiger partial charge is 0.493 e. The summed E-state index contributed by atoms with van der Waals surface area (Å²) in [7, 11) is 0. The minimum Gasteiger partial charge on any atom is -0.493 e. The van der Waals surface area contributed by atoms with Gasteiger partial charge in [-0.1, -0.05) is 31.5 Å². The Kier molecular flexibility index (Phi) is 6.60. The molecule has 0 aliphatic heterocycles. The summed E-state index contributed by atoms with van der Waals surface area (Å²) in [6.07, 6.45) is 0. The van der Waals surface area contributed by atoms with Crippen molar-refractivity contribution in [2.45, 2.75) is 20.8 Å². The molecule has 0 atom stereocenters. The number of nitrogens with one attached hydrogen (secondary N) is 2. The van der Waals surface area contributed by atoms with Gasteiger partial charge in [0.25, 0.3) is 0 Å². The van der Waals surface area contributed by atoms with E-state index in [1.165, 1.54) is 5.56 Å². The molecule has 0 spiro atoms. The minimum absolute atomic E-state index is 0.536. The second-order valence-corrected chi connectivity index (χ2v) is 6.48. The maximum atomic E-state index is 6.02. The molecule has 0 amide bonds. The smallest absolute Gasteiger partial charge is 0.119 e. The number of anilines is 2. The van der Waals surface area contributed by atoms with Crippen molar-refractivity contribution in [1.29, 1.82) is 0 Å². The van der Waals surface area contributed by atoms with E-state index in [2.05, 4.69) is 31.4 Å². The van der Waals surface area contributed by atoms with Crippen LogP contribution in [-0.2, 0) is 0 Å². The molecule has 0 aliphatic rings. The third kappa shape index (κ3) is 6.03. The normalized spacial score (nSPS) is 10.7. The molecule has 2 N–H and O–H groups in total. The maximum Gasteiger partial charge on any atom is 0.119 e. The van der Waals surface area contributed by atoms with E-state index in [4.69, 9.17) is 16.3 Å². The van der Waals surface area contributed by atoms with Crippen LogP contribution >= 0.6 is 11.6 Å². The Morgan fingerprint density at radius 1 is 1.00 bits per heavy atom. The molecule has 2 aromatic rings. The molecule has 2 rings (SSSR count). The lowest BCUT2D eigenvalue weighted by Crippen LogP contribution is -2.14. The number of aryl methyl sites for hydroxylation is 1. The highest BCUT2D eigenvalue weighted by atomic mass is 35.5. The molecule has 4 heteroatoms. The second-order valence-electron chi connectivity index (χ2n) is 6.04. The molecule has 0 bridgehead atoms. The van der Waals surface area contributed by atoms with E-state index in [0.29, 0.717) is 5.92 Å². The number of hydrogen-bond donors (Lipinski definition) is 2. The predicted octanol–water partition coefficient (Wildman–Crippen LogP) is 5.21. The molecular formula is C19H25ClN2O. The SMILES string of the molecule is Cc1ccc(Cl)cc1NCCNc1ccc(OCC(C)C)cc1. The van der Waals surface area contributed by atoms with Crippen molar-refractivity contribution < 1.29 is 4.74 Å². The summed E-state index contributed by atoms with van der Waals surface area (Å²) < 4.78 is 5.68. The number of benzene rings is 2. The van der Waals surface area contributed by atoms with Crippen LogP contribution < -0.4 is 15.4 Å². The average Bonchev–Trinajstić information content (AvgIpc) is 2.53. The van der Waals surface area contributed by atoms with Gasteiger partial charge in [-0.2, -0.15) is 0 Å². The Morgan fingerprint density at radius 3 is 2.39 bits per heavy atom. The van der Waals surface area contributed by atoms with Crippen molar-refractivity contribution in [3.63, 3.8) is 0 Å². The molecule has 0 unspecified atom stereocenters. The molecule has 3 nitrogen and oxygen atoms in total. The summed E-state index contributed by atoms with van der Waals surface area (Å²) in [5.41, 5.74) is 3.37. The highest BCUT2D eigenvalue weighted by molar-refractivity contribution is 6.30. The Balaban J connectivity index is 1.74. The van der Waals surface area contributed by atoms with Crippen molar-refractivity contribution in [3.8, 4) is 5.75 Å². The highest BCUT2D eigenvalue weighted by Gasteiger charge is 2.00. The summed E-state index contributed by atoms with van der Waals surface area (Å²) in [5.74, 6) is 1.45. The van der Waals surface area contributed by atoms with Gasteiger partial charge in [-0.15, -0.1) is 0 Å². The van der Waals surface area contributed by atoms with Crippen LogP contribution in [0, 0.1) is 12.8 Å². The standard InChI is InChI=1S/C19H25ClN2O/c1-14(2)13-23-18-8-6-17(7-9-18)21-10-11-22-19-12-16(20)5-4-15(19)3/h4-9,12,14,21-22H,10-11,13H2,1-3H3. The van der Waals surface area contributed by atoms with E-state index in [0.717, 1.165) is 41.8 Å². The Hall–Kier alpha value is -1.87. The van der Waals surface area contributed by atoms with Crippen LogP contribution in [0.25, 0.3) is 0 Å². The van der Waals surface area contributed by atoms with E-state index in [1.54, 1.807) is 0 Å². The van der Waals surface area contributed by atoms with Crippen LogP contribution in [0.15, 0.2) is 42.5 Å². The van der Waals surface area contributed by atoms with E-state index in [9.17, 15) is 0 Å². The van der Waals surface area contributed by atoms with Crippen LogP contribution in [0.2, 0.25) is 5.02 Å². The number of hydrogen-bond acceptors (Lipinski definition) is 3. The molecule has 0 aliphatic carbocycles. The monoisotopic (exact) mass is 332 g/mol. The van der Waals surface area contributed by atoms with Gasteiger partial charge in [0.15, 0.2) is 0 Å². The van der Waals surface area contributed by atoms with Gasteiger partial charge in [0.05, 0.1) is 6.61 Å². The van der Waals surface area contributed by atoms with Crippen molar-refractivity contribution in [2.75, 3.05) is 30.3 Å². The lowest BCUT2D eigenvalue weighted by Gasteiger charge is -2.12. The van der Waals surface area contributed by atoms with Crippen molar-refractivity contribution in [1.82, 2.24) is 0 Å². The van der Waals surface area contributed by atoms with Crippen LogP contribution in [-0.4, -0.2) is 19.7 Å². The lowest BCUT2D eigenvalue weighted by molar-refractivity contribution is 0.271. The predicted molar refractivity (Wildman–Crippen MR) is 99.9 cm³/mol. The molecule has 2 aromatic carbocycles. The molecule has 124 valence electrons. The number of ether oxygens (including phenoxy) is 1. The molecule has 0 aromatic heterocycles. The van der Waals surface area contributed by atoms with Crippen molar-refractivity contribution in [3.05, 3.63) is 53.1 Å². The van der Waals surface area contributed by atoms with Gasteiger partial charge >= 0.3 is 0 Å². The number of halogens is 1. The Morgan fingerprint density at radius 2 is 1.70 bits per heavy atom. The van der Waals surface area contributed by atoms with Crippen LogP contribution in [0.5, 0.6) is 5.75 Å². The van der Waals surface area contributed by atoms with Gasteiger partial charge in [-0.05, 0) is 54.8 Å². The fourth-order valence-electron chi connectivity index (χ4n) is 2.12. The summed E-state index contributed by atoms with van der Waals surface area (Å²) in [6, 6.07) is 14.0. The molecule has 23 heavy (non-hydrogen) atoms. The van der Waals surface area contributed by atoms with Crippen molar-refractivity contribution in [2.24, 2.45) is 5.92 Å². The maximum absolute atomic E-state index is 6.02. The first-order valence-corrected chi connectivity index (χ1v) is 8.39. The summed E-state index contributed by atoms with van der Waals surface area (Å²) in [5, 5.41) is 7.54. The third-order valence-corrected chi connectivity index (χ3v) is 3.64. The van der Waals surface area contributed by atoms with E-state index in [1.807, 2.05) is 42.5 Å². The zero-order valence-electron chi connectivity index (χ0n) is 14.0. The van der Waals surface area contributed by atoms with Gasteiger partial charge in [0.2, 0.25) is 0 Å². The van der Waals surface area contributed by atoms with Gasteiger partial charge in [0.1, 0.15) is 5.75 Å². The molecular weight excluding hydrogens is 308 g/mol. The Labute approximate surface area is 144 Å². The third-order valence-electron chi connectivity index (χ3n) is 3.41.